The van der Waals surface area contributed by atoms with Gasteiger partial charge in [-0.25, -0.2) is 4.79 Å². The van der Waals surface area contributed by atoms with Crippen LogP contribution >= 0.6 is 0 Å². The number of hydrogen-bond acceptors (Lipinski definition) is 6. The van der Waals surface area contributed by atoms with Crippen molar-refractivity contribution in [3.8, 4) is 0 Å². The van der Waals surface area contributed by atoms with Gasteiger partial charge in [0, 0.05) is 43.1 Å². The molecule has 0 aliphatic carbocycles. The van der Waals surface area contributed by atoms with Gasteiger partial charge in [-0.15, -0.1) is 0 Å². The highest BCUT2D eigenvalue weighted by molar-refractivity contribution is 5.89. The molecule has 188 valence electrons. The van der Waals surface area contributed by atoms with Gasteiger partial charge in [-0.2, -0.15) is 0 Å². The predicted molar refractivity (Wildman–Crippen MR) is 147 cm³/mol. The fourth-order valence-corrected chi connectivity index (χ4v) is 3.89. The number of non-ortho nitro benzene ring substituents is 1. The number of nitro benzene ring substituents is 1. The van der Waals surface area contributed by atoms with Crippen molar-refractivity contribution in [2.75, 3.05) is 42.6 Å². The number of nitro groups is 1. The number of carbonyl (C=O) groups excluding carboxylic acids is 1. The molecule has 7 nitrogen and oxygen atoms in total. The summed E-state index contributed by atoms with van der Waals surface area (Å²) in [6.45, 7) is 9.89. The molecule has 0 atom stereocenters. The van der Waals surface area contributed by atoms with E-state index in [2.05, 4.69) is 84.3 Å². The van der Waals surface area contributed by atoms with Crippen LogP contribution in [-0.4, -0.2) is 43.7 Å². The van der Waals surface area contributed by atoms with Gasteiger partial charge in [0.25, 0.3) is 5.69 Å². The Bertz CT molecular complexity index is 1150. The van der Waals surface area contributed by atoms with Crippen LogP contribution in [0.5, 0.6) is 0 Å². The van der Waals surface area contributed by atoms with Gasteiger partial charge in [0.1, 0.15) is 6.61 Å². The molecule has 0 unspecified atom stereocenters. The Balaban J connectivity index is 1.53. The van der Waals surface area contributed by atoms with Crippen molar-refractivity contribution in [3.05, 3.63) is 99.6 Å². The summed E-state index contributed by atoms with van der Waals surface area (Å²) in [7, 11) is 0. The van der Waals surface area contributed by atoms with E-state index in [0.29, 0.717) is 12.1 Å². The molecule has 0 aromatic heterocycles. The monoisotopic (exact) mass is 487 g/mol. The molecule has 3 aromatic rings. The van der Waals surface area contributed by atoms with Gasteiger partial charge < -0.3 is 14.5 Å². The Morgan fingerprint density at radius 1 is 0.778 bits per heavy atom. The molecule has 0 radical (unpaired) electrons. The van der Waals surface area contributed by atoms with E-state index < -0.39 is 10.9 Å². The first-order valence-electron chi connectivity index (χ1n) is 12.2. The second-order valence-electron chi connectivity index (χ2n) is 8.21. The van der Waals surface area contributed by atoms with Gasteiger partial charge in [0.15, 0.2) is 0 Å². The third-order valence-corrected chi connectivity index (χ3v) is 6.04. The molecule has 0 spiro atoms. The van der Waals surface area contributed by atoms with E-state index in [-0.39, 0.29) is 12.3 Å². The SMILES string of the molecule is CCN(CC)c1ccc(/C=C/c2ccc(N(CC)CCOC(=O)c3ccc([N+](=O)[O-])cc3)cc2)cc1. The summed E-state index contributed by atoms with van der Waals surface area (Å²) in [6, 6.07) is 22.3. The molecule has 3 rings (SSSR count). The zero-order valence-corrected chi connectivity index (χ0v) is 21.1. The zero-order chi connectivity index (χ0) is 25.9. The molecule has 0 saturated heterocycles. The van der Waals surface area contributed by atoms with E-state index in [1.807, 2.05) is 6.92 Å². The molecular formula is C29H33N3O4. The van der Waals surface area contributed by atoms with Gasteiger partial charge in [-0.3, -0.25) is 10.1 Å². The lowest BCUT2D eigenvalue weighted by Crippen LogP contribution is -2.28. The number of esters is 1. The fraction of sp³-hybridized carbons (Fsp3) is 0.276. The molecule has 0 aliphatic rings. The predicted octanol–water partition coefficient (Wildman–Crippen LogP) is 6.29. The first-order chi connectivity index (χ1) is 17.4. The zero-order valence-electron chi connectivity index (χ0n) is 21.1. The molecular weight excluding hydrogens is 454 g/mol. The minimum absolute atomic E-state index is 0.0600. The van der Waals surface area contributed by atoms with Gasteiger partial charge in [0.2, 0.25) is 0 Å². The summed E-state index contributed by atoms with van der Waals surface area (Å²) in [5.74, 6) is -0.494. The van der Waals surface area contributed by atoms with E-state index in [4.69, 9.17) is 4.74 Å². The number of anilines is 2. The minimum Gasteiger partial charge on any atom is -0.460 e. The van der Waals surface area contributed by atoms with Crippen LogP contribution in [0.1, 0.15) is 42.3 Å². The van der Waals surface area contributed by atoms with Crippen LogP contribution < -0.4 is 9.80 Å². The van der Waals surface area contributed by atoms with Crippen LogP contribution in [0.25, 0.3) is 12.2 Å². The van der Waals surface area contributed by atoms with E-state index in [9.17, 15) is 14.9 Å². The normalized spacial score (nSPS) is 10.9. The molecule has 36 heavy (non-hydrogen) atoms. The highest BCUT2D eigenvalue weighted by atomic mass is 16.6. The summed E-state index contributed by atoms with van der Waals surface area (Å²) in [5, 5.41) is 10.7. The molecule has 0 heterocycles. The number of carbonyl (C=O) groups is 1. The smallest absolute Gasteiger partial charge is 0.338 e. The number of rotatable bonds is 12. The van der Waals surface area contributed by atoms with Gasteiger partial charge in [-0.1, -0.05) is 36.4 Å². The van der Waals surface area contributed by atoms with Crippen molar-refractivity contribution in [1.82, 2.24) is 0 Å². The van der Waals surface area contributed by atoms with Crippen LogP contribution in [-0.2, 0) is 4.74 Å². The van der Waals surface area contributed by atoms with Crippen LogP contribution in [0.15, 0.2) is 72.8 Å². The lowest BCUT2D eigenvalue weighted by Gasteiger charge is -2.23. The molecule has 3 aromatic carbocycles. The number of ether oxygens (including phenoxy) is 1. The molecule has 7 heteroatoms. The molecule has 0 saturated carbocycles. The second kappa shape index (κ2) is 13.1. The highest BCUT2D eigenvalue weighted by Crippen LogP contribution is 2.19. The van der Waals surface area contributed by atoms with E-state index in [1.54, 1.807) is 0 Å². The van der Waals surface area contributed by atoms with Crippen molar-refractivity contribution in [1.29, 1.82) is 0 Å². The van der Waals surface area contributed by atoms with Crippen molar-refractivity contribution >= 4 is 35.2 Å². The second-order valence-corrected chi connectivity index (χ2v) is 8.21. The quantitative estimate of drug-likeness (QED) is 0.129. The molecule has 0 fully saturated rings. The standard InChI is InChI=1S/C29H33N3O4/c1-4-30(5-2)26-15-9-23(10-16-26)7-8-24-11-17-27(18-12-24)31(6-3)21-22-36-29(33)25-13-19-28(20-14-25)32(34)35/h7-20H,4-6,21-22H2,1-3H3/b8-7+. The van der Waals surface area contributed by atoms with Crippen molar-refractivity contribution < 1.29 is 14.5 Å². The Morgan fingerprint density at radius 2 is 1.25 bits per heavy atom. The lowest BCUT2D eigenvalue weighted by molar-refractivity contribution is -0.384. The third-order valence-electron chi connectivity index (χ3n) is 6.04. The summed E-state index contributed by atoms with van der Waals surface area (Å²) < 4.78 is 5.37. The molecule has 0 amide bonds. The van der Waals surface area contributed by atoms with E-state index >= 15 is 0 Å². The maximum absolute atomic E-state index is 12.2. The Kier molecular flexibility index (Phi) is 9.63. The Morgan fingerprint density at radius 3 is 1.69 bits per heavy atom. The van der Waals surface area contributed by atoms with E-state index in [0.717, 1.165) is 36.4 Å². The van der Waals surface area contributed by atoms with Gasteiger partial charge in [0.05, 0.1) is 17.0 Å². The van der Waals surface area contributed by atoms with Crippen molar-refractivity contribution in [3.63, 3.8) is 0 Å². The fourth-order valence-electron chi connectivity index (χ4n) is 3.89. The summed E-state index contributed by atoms with van der Waals surface area (Å²) in [6.07, 6.45) is 4.20. The van der Waals surface area contributed by atoms with Crippen LogP contribution in [0.4, 0.5) is 17.1 Å². The highest BCUT2D eigenvalue weighted by Gasteiger charge is 2.12. The number of hydrogen-bond donors (Lipinski definition) is 0. The first kappa shape index (κ1) is 26.5. The average molecular weight is 488 g/mol. The van der Waals surface area contributed by atoms with Crippen LogP contribution in [0.2, 0.25) is 0 Å². The summed E-state index contributed by atoms with van der Waals surface area (Å²) in [5.41, 5.74) is 4.77. The first-order valence-corrected chi connectivity index (χ1v) is 12.2. The van der Waals surface area contributed by atoms with Gasteiger partial charge >= 0.3 is 5.97 Å². The number of likely N-dealkylation sites (N-methyl/N-ethyl adjacent to an activating group) is 1. The Labute approximate surface area is 212 Å². The number of benzene rings is 3. The maximum atomic E-state index is 12.2. The number of nitrogens with zero attached hydrogens (tertiary/aromatic N) is 3. The van der Waals surface area contributed by atoms with Gasteiger partial charge in [-0.05, 0) is 68.3 Å². The summed E-state index contributed by atoms with van der Waals surface area (Å²) in [4.78, 5) is 26.9. The Hall–Kier alpha value is -4.13. The third kappa shape index (κ3) is 7.18. The molecule has 0 aliphatic heterocycles. The average Bonchev–Trinajstić information content (AvgIpc) is 2.91. The van der Waals surface area contributed by atoms with E-state index in [1.165, 1.54) is 30.0 Å². The topological polar surface area (TPSA) is 75.9 Å². The van der Waals surface area contributed by atoms with Crippen molar-refractivity contribution in [2.45, 2.75) is 20.8 Å². The summed E-state index contributed by atoms with van der Waals surface area (Å²) >= 11 is 0. The lowest BCUT2D eigenvalue weighted by atomic mass is 10.1. The molecule has 0 bridgehead atoms. The maximum Gasteiger partial charge on any atom is 0.338 e. The minimum atomic E-state index is -0.500. The van der Waals surface area contributed by atoms with Crippen LogP contribution in [0, 0.1) is 10.1 Å². The largest absolute Gasteiger partial charge is 0.460 e. The molecule has 0 N–H and O–H groups in total. The van der Waals surface area contributed by atoms with Crippen LogP contribution in [0.3, 0.4) is 0 Å². The van der Waals surface area contributed by atoms with Crippen molar-refractivity contribution in [2.24, 2.45) is 0 Å².